The summed E-state index contributed by atoms with van der Waals surface area (Å²) in [5.74, 6) is -0.677. The summed E-state index contributed by atoms with van der Waals surface area (Å²) in [6, 6.07) is 2.51. The largest absolute Gasteiger partial charge is 0.399 e. The van der Waals surface area contributed by atoms with Crippen LogP contribution in [-0.2, 0) is 14.8 Å². The molecule has 0 aliphatic carbocycles. The summed E-state index contributed by atoms with van der Waals surface area (Å²) >= 11 is 2.99. The van der Waals surface area contributed by atoms with Crippen molar-refractivity contribution in [2.24, 2.45) is 5.92 Å². The summed E-state index contributed by atoms with van der Waals surface area (Å²) in [5, 5.41) is 0. The van der Waals surface area contributed by atoms with E-state index in [1.807, 2.05) is 0 Å². The molecular formula is C13H18BrFN2O3S. The molecule has 0 saturated carbocycles. The van der Waals surface area contributed by atoms with Crippen molar-refractivity contribution in [3.8, 4) is 0 Å². The summed E-state index contributed by atoms with van der Waals surface area (Å²) < 4.78 is 45.9. The Morgan fingerprint density at radius 3 is 2.90 bits per heavy atom. The number of methoxy groups -OCH3 is 1. The minimum absolute atomic E-state index is 0.0477. The van der Waals surface area contributed by atoms with Gasteiger partial charge in [-0.05, 0) is 46.8 Å². The predicted octanol–water partition coefficient (Wildman–Crippen LogP) is 2.22. The number of anilines is 1. The van der Waals surface area contributed by atoms with Gasteiger partial charge >= 0.3 is 0 Å². The van der Waals surface area contributed by atoms with E-state index in [0.29, 0.717) is 19.7 Å². The van der Waals surface area contributed by atoms with E-state index in [9.17, 15) is 12.8 Å². The van der Waals surface area contributed by atoms with Gasteiger partial charge in [-0.3, -0.25) is 0 Å². The number of hydrogen-bond acceptors (Lipinski definition) is 4. The number of benzene rings is 1. The highest BCUT2D eigenvalue weighted by molar-refractivity contribution is 9.10. The summed E-state index contributed by atoms with van der Waals surface area (Å²) in [4.78, 5) is -0.382. The molecule has 1 saturated heterocycles. The predicted molar refractivity (Wildman–Crippen MR) is 81.9 cm³/mol. The molecule has 0 spiro atoms. The van der Waals surface area contributed by atoms with Crippen molar-refractivity contribution in [3.63, 3.8) is 0 Å². The number of halogens is 2. The van der Waals surface area contributed by atoms with Crippen LogP contribution in [0.1, 0.15) is 12.8 Å². The Morgan fingerprint density at radius 2 is 2.24 bits per heavy atom. The van der Waals surface area contributed by atoms with Crippen LogP contribution in [0.3, 0.4) is 0 Å². The van der Waals surface area contributed by atoms with Gasteiger partial charge in [0.25, 0.3) is 0 Å². The van der Waals surface area contributed by atoms with E-state index in [-0.39, 0.29) is 21.0 Å². The lowest BCUT2D eigenvalue weighted by Gasteiger charge is -2.31. The molecule has 1 heterocycles. The quantitative estimate of drug-likeness (QED) is 0.812. The third-order valence-corrected chi connectivity index (χ3v) is 5.96. The minimum Gasteiger partial charge on any atom is -0.399 e. The number of nitrogen functional groups attached to an aromatic ring is 1. The van der Waals surface area contributed by atoms with Crippen LogP contribution in [0.25, 0.3) is 0 Å². The standard InChI is InChI=1S/C13H18BrFN2O3S/c1-20-8-9-3-2-4-17(7-9)21(18,19)12-6-10(16)5-11(14)13(12)15/h5-6,9H,2-4,7-8,16H2,1H3. The number of rotatable bonds is 4. The van der Waals surface area contributed by atoms with Crippen LogP contribution < -0.4 is 5.73 Å². The Morgan fingerprint density at radius 1 is 1.52 bits per heavy atom. The third kappa shape index (κ3) is 3.56. The molecule has 1 aromatic rings. The third-order valence-electron chi connectivity index (χ3n) is 3.52. The fourth-order valence-electron chi connectivity index (χ4n) is 2.53. The molecule has 1 aliphatic rings. The molecule has 1 unspecified atom stereocenters. The van der Waals surface area contributed by atoms with Gasteiger partial charge < -0.3 is 10.5 Å². The van der Waals surface area contributed by atoms with E-state index in [1.54, 1.807) is 7.11 Å². The lowest BCUT2D eigenvalue weighted by Crippen LogP contribution is -2.41. The highest BCUT2D eigenvalue weighted by atomic mass is 79.9. The topological polar surface area (TPSA) is 72.6 Å². The first-order chi connectivity index (χ1) is 9.86. The maximum Gasteiger partial charge on any atom is 0.246 e. The molecule has 5 nitrogen and oxygen atoms in total. The molecule has 1 atom stereocenters. The first-order valence-corrected chi connectivity index (χ1v) is 8.83. The van der Waals surface area contributed by atoms with Gasteiger partial charge in [-0.15, -0.1) is 0 Å². The van der Waals surface area contributed by atoms with Gasteiger partial charge in [0.2, 0.25) is 10.0 Å². The number of piperidine rings is 1. The van der Waals surface area contributed by atoms with Crippen molar-refractivity contribution in [2.75, 3.05) is 32.5 Å². The van der Waals surface area contributed by atoms with Gasteiger partial charge in [-0.2, -0.15) is 4.31 Å². The molecule has 1 aliphatic heterocycles. The Balaban J connectivity index is 2.34. The molecule has 21 heavy (non-hydrogen) atoms. The van der Waals surface area contributed by atoms with Crippen molar-refractivity contribution in [3.05, 3.63) is 22.4 Å². The van der Waals surface area contributed by atoms with E-state index >= 15 is 0 Å². The fraction of sp³-hybridized carbons (Fsp3) is 0.538. The van der Waals surface area contributed by atoms with E-state index in [0.717, 1.165) is 18.9 Å². The second-order valence-corrected chi connectivity index (χ2v) is 7.90. The second kappa shape index (κ2) is 6.60. The van der Waals surface area contributed by atoms with Gasteiger partial charge in [0, 0.05) is 25.9 Å². The van der Waals surface area contributed by atoms with Crippen LogP contribution in [0.2, 0.25) is 0 Å². The Labute approximate surface area is 132 Å². The molecule has 2 rings (SSSR count). The number of hydrogen-bond donors (Lipinski definition) is 1. The second-order valence-electron chi connectivity index (χ2n) is 5.14. The first kappa shape index (κ1) is 16.7. The van der Waals surface area contributed by atoms with Gasteiger partial charge in [0.05, 0.1) is 11.1 Å². The van der Waals surface area contributed by atoms with E-state index < -0.39 is 15.8 Å². The molecule has 8 heteroatoms. The average molecular weight is 381 g/mol. The first-order valence-electron chi connectivity index (χ1n) is 6.60. The summed E-state index contributed by atoms with van der Waals surface area (Å²) in [6.07, 6.45) is 1.64. The van der Waals surface area contributed by atoms with Gasteiger partial charge in [0.15, 0.2) is 5.82 Å². The highest BCUT2D eigenvalue weighted by Gasteiger charge is 2.32. The SMILES string of the molecule is COCC1CCCN(S(=O)(=O)c2cc(N)cc(Br)c2F)C1. The molecule has 1 aromatic carbocycles. The van der Waals surface area contributed by atoms with E-state index in [1.165, 1.54) is 10.4 Å². The van der Waals surface area contributed by atoms with Crippen molar-refractivity contribution in [2.45, 2.75) is 17.7 Å². The zero-order chi connectivity index (χ0) is 15.6. The Kier molecular flexibility index (Phi) is 5.24. The molecule has 0 aromatic heterocycles. The van der Waals surface area contributed by atoms with Gasteiger partial charge in [0.1, 0.15) is 4.90 Å². The van der Waals surface area contributed by atoms with Gasteiger partial charge in [-0.1, -0.05) is 0 Å². The van der Waals surface area contributed by atoms with Crippen molar-refractivity contribution < 1.29 is 17.5 Å². The van der Waals surface area contributed by atoms with Crippen LogP contribution in [-0.4, -0.2) is 39.5 Å². The molecule has 118 valence electrons. The maximum absolute atomic E-state index is 14.1. The van der Waals surface area contributed by atoms with Crippen LogP contribution in [0.5, 0.6) is 0 Å². The normalized spacial score (nSPS) is 20.6. The monoisotopic (exact) mass is 380 g/mol. The number of nitrogens with zero attached hydrogens (tertiary/aromatic N) is 1. The smallest absolute Gasteiger partial charge is 0.246 e. The highest BCUT2D eigenvalue weighted by Crippen LogP contribution is 2.30. The lowest BCUT2D eigenvalue weighted by molar-refractivity contribution is 0.118. The van der Waals surface area contributed by atoms with Gasteiger partial charge in [-0.25, -0.2) is 12.8 Å². The minimum atomic E-state index is -3.90. The zero-order valence-corrected chi connectivity index (χ0v) is 14.1. The fourth-order valence-corrected chi connectivity index (χ4v) is 4.81. The van der Waals surface area contributed by atoms with Crippen LogP contribution in [0, 0.1) is 11.7 Å². The molecule has 0 amide bonds. The summed E-state index contributed by atoms with van der Waals surface area (Å²) in [7, 11) is -2.31. The average Bonchev–Trinajstić information content (AvgIpc) is 2.43. The molecule has 0 bridgehead atoms. The van der Waals surface area contributed by atoms with Crippen LogP contribution >= 0.6 is 15.9 Å². The molecule has 1 fully saturated rings. The lowest BCUT2D eigenvalue weighted by atomic mass is 10.0. The van der Waals surface area contributed by atoms with E-state index in [2.05, 4.69) is 15.9 Å². The molecular weight excluding hydrogens is 363 g/mol. The summed E-state index contributed by atoms with van der Waals surface area (Å²) in [5.41, 5.74) is 5.83. The number of ether oxygens (including phenoxy) is 1. The maximum atomic E-state index is 14.1. The Hall–Kier alpha value is -0.700. The molecule has 0 radical (unpaired) electrons. The van der Waals surface area contributed by atoms with Crippen molar-refractivity contribution in [1.82, 2.24) is 4.31 Å². The van der Waals surface area contributed by atoms with E-state index in [4.69, 9.17) is 10.5 Å². The number of sulfonamides is 1. The van der Waals surface area contributed by atoms with Crippen LogP contribution in [0.4, 0.5) is 10.1 Å². The Bertz CT molecular complexity index is 622. The van der Waals surface area contributed by atoms with Crippen molar-refractivity contribution in [1.29, 1.82) is 0 Å². The summed E-state index contributed by atoms with van der Waals surface area (Å²) in [6.45, 7) is 1.21. The number of nitrogens with two attached hydrogens (primary N) is 1. The molecule has 2 N–H and O–H groups in total. The zero-order valence-electron chi connectivity index (χ0n) is 11.7. The van der Waals surface area contributed by atoms with Crippen molar-refractivity contribution >= 4 is 31.6 Å². The van der Waals surface area contributed by atoms with Crippen LogP contribution in [0.15, 0.2) is 21.5 Å².